The summed E-state index contributed by atoms with van der Waals surface area (Å²) in [6, 6.07) is 15.7. The number of hydrogen-bond acceptors (Lipinski definition) is 3. The maximum absolute atomic E-state index is 11.5. The zero-order chi connectivity index (χ0) is 16.7. The Morgan fingerprint density at radius 2 is 1.91 bits per heavy atom. The van der Waals surface area contributed by atoms with Crippen molar-refractivity contribution in [2.24, 2.45) is 0 Å². The summed E-state index contributed by atoms with van der Waals surface area (Å²) in [6.45, 7) is 0.572. The highest BCUT2D eigenvalue weighted by Crippen LogP contribution is 2.23. The van der Waals surface area contributed by atoms with Crippen molar-refractivity contribution in [3.63, 3.8) is 0 Å². The van der Waals surface area contributed by atoms with Crippen molar-refractivity contribution < 1.29 is 9.53 Å². The fraction of sp³-hybridized carbons (Fsp3) is 0.211. The van der Waals surface area contributed by atoms with Gasteiger partial charge in [0.05, 0.1) is 12.3 Å². The molecule has 0 fully saturated rings. The highest BCUT2D eigenvalue weighted by molar-refractivity contribution is 5.91. The Kier molecular flexibility index (Phi) is 5.80. The Morgan fingerprint density at radius 3 is 2.57 bits per heavy atom. The first-order valence-corrected chi connectivity index (χ1v) is 7.52. The van der Waals surface area contributed by atoms with E-state index in [-0.39, 0.29) is 5.91 Å². The number of nitrogens with two attached hydrogens (primary N) is 1. The molecular formula is C19H22N2O2. The van der Waals surface area contributed by atoms with Crippen LogP contribution in [0.5, 0.6) is 5.75 Å². The molecule has 120 valence electrons. The highest BCUT2D eigenvalue weighted by atomic mass is 16.5. The van der Waals surface area contributed by atoms with Crippen LogP contribution in [0.1, 0.15) is 11.1 Å². The minimum absolute atomic E-state index is 0.0632. The van der Waals surface area contributed by atoms with Gasteiger partial charge in [0, 0.05) is 26.6 Å². The molecule has 2 aromatic carbocycles. The van der Waals surface area contributed by atoms with Crippen molar-refractivity contribution in [2.45, 2.75) is 6.42 Å². The topological polar surface area (TPSA) is 55.6 Å². The summed E-state index contributed by atoms with van der Waals surface area (Å²) < 4.78 is 5.74. The number of carbonyl (C=O) groups excluding carboxylic acids is 1. The van der Waals surface area contributed by atoms with Gasteiger partial charge in [-0.25, -0.2) is 0 Å². The second kappa shape index (κ2) is 8.03. The number of amides is 1. The van der Waals surface area contributed by atoms with Gasteiger partial charge in [0.1, 0.15) is 5.75 Å². The molecule has 0 heterocycles. The molecule has 2 N–H and O–H groups in total. The van der Waals surface area contributed by atoms with E-state index in [2.05, 4.69) is 12.1 Å². The van der Waals surface area contributed by atoms with Crippen LogP contribution in [-0.2, 0) is 11.2 Å². The second-order valence-electron chi connectivity index (χ2n) is 5.45. The van der Waals surface area contributed by atoms with Gasteiger partial charge in [-0.1, -0.05) is 36.4 Å². The van der Waals surface area contributed by atoms with Crippen molar-refractivity contribution in [3.05, 3.63) is 65.7 Å². The van der Waals surface area contributed by atoms with Crippen LogP contribution in [0.3, 0.4) is 0 Å². The lowest BCUT2D eigenvalue weighted by atomic mass is 10.1. The lowest BCUT2D eigenvalue weighted by Gasteiger charge is -2.10. The first-order chi connectivity index (χ1) is 11.1. The van der Waals surface area contributed by atoms with Crippen LogP contribution in [0, 0.1) is 0 Å². The second-order valence-corrected chi connectivity index (χ2v) is 5.45. The summed E-state index contributed by atoms with van der Waals surface area (Å²) >= 11 is 0. The Labute approximate surface area is 137 Å². The summed E-state index contributed by atoms with van der Waals surface area (Å²) in [7, 11) is 3.43. The number of nitrogens with zero attached hydrogens (tertiary/aromatic N) is 1. The third kappa shape index (κ3) is 5.18. The molecule has 0 aliphatic carbocycles. The lowest BCUT2D eigenvalue weighted by Crippen LogP contribution is -2.18. The molecule has 0 aliphatic rings. The van der Waals surface area contributed by atoms with E-state index in [1.54, 1.807) is 26.2 Å². The molecule has 1 amide bonds. The average Bonchev–Trinajstić information content (AvgIpc) is 2.55. The quantitative estimate of drug-likeness (QED) is 0.659. The molecule has 0 saturated heterocycles. The molecule has 0 radical (unpaired) electrons. The maximum Gasteiger partial charge on any atom is 0.246 e. The fourth-order valence-corrected chi connectivity index (χ4v) is 2.04. The largest absolute Gasteiger partial charge is 0.491 e. The predicted molar refractivity (Wildman–Crippen MR) is 94.2 cm³/mol. The molecule has 0 aliphatic heterocycles. The normalized spacial score (nSPS) is 10.7. The van der Waals surface area contributed by atoms with Crippen LogP contribution in [0.2, 0.25) is 0 Å². The third-order valence-electron chi connectivity index (χ3n) is 3.38. The summed E-state index contributed by atoms with van der Waals surface area (Å²) in [5, 5.41) is 0. The van der Waals surface area contributed by atoms with Gasteiger partial charge in [-0.15, -0.1) is 0 Å². The molecule has 0 unspecified atom stereocenters. The van der Waals surface area contributed by atoms with E-state index in [1.165, 1.54) is 16.5 Å². The highest BCUT2D eigenvalue weighted by Gasteiger charge is 2.02. The van der Waals surface area contributed by atoms with Crippen LogP contribution in [0.15, 0.2) is 54.6 Å². The first-order valence-electron chi connectivity index (χ1n) is 7.52. The number of anilines is 1. The minimum atomic E-state index is -0.0632. The lowest BCUT2D eigenvalue weighted by molar-refractivity contribution is -0.123. The average molecular weight is 310 g/mol. The van der Waals surface area contributed by atoms with E-state index in [0.717, 1.165) is 12.0 Å². The first kappa shape index (κ1) is 16.6. The van der Waals surface area contributed by atoms with E-state index in [0.29, 0.717) is 18.0 Å². The van der Waals surface area contributed by atoms with E-state index >= 15 is 0 Å². The SMILES string of the molecule is CN(C)C(=O)/C=C\c1ccc(OCCc2ccccc2)c(N)c1. The maximum atomic E-state index is 11.5. The van der Waals surface area contributed by atoms with Gasteiger partial charge in [-0.2, -0.15) is 0 Å². The van der Waals surface area contributed by atoms with E-state index in [1.807, 2.05) is 30.3 Å². The summed E-state index contributed by atoms with van der Waals surface area (Å²) in [6.07, 6.45) is 4.09. The van der Waals surface area contributed by atoms with Gasteiger partial charge in [0.2, 0.25) is 5.91 Å². The van der Waals surface area contributed by atoms with Crippen molar-refractivity contribution >= 4 is 17.7 Å². The number of nitrogen functional groups attached to an aromatic ring is 1. The van der Waals surface area contributed by atoms with Crippen LogP contribution in [-0.4, -0.2) is 31.5 Å². The standard InChI is InChI=1S/C19H22N2O2/c1-21(2)19(22)11-9-16-8-10-18(17(20)14-16)23-13-12-15-6-4-3-5-7-15/h3-11,14H,12-13,20H2,1-2H3/b11-9-. The van der Waals surface area contributed by atoms with E-state index < -0.39 is 0 Å². The number of rotatable bonds is 6. The van der Waals surface area contributed by atoms with Crippen LogP contribution < -0.4 is 10.5 Å². The third-order valence-corrected chi connectivity index (χ3v) is 3.38. The van der Waals surface area contributed by atoms with Crippen molar-refractivity contribution in [1.29, 1.82) is 0 Å². The minimum Gasteiger partial charge on any atom is -0.491 e. The van der Waals surface area contributed by atoms with Crippen molar-refractivity contribution in [3.8, 4) is 5.75 Å². The fourth-order valence-electron chi connectivity index (χ4n) is 2.04. The van der Waals surface area contributed by atoms with Crippen LogP contribution >= 0.6 is 0 Å². The number of ether oxygens (including phenoxy) is 1. The Hall–Kier alpha value is -2.75. The molecule has 0 aromatic heterocycles. The Bertz CT molecular complexity index is 679. The van der Waals surface area contributed by atoms with Gasteiger partial charge < -0.3 is 15.4 Å². The number of carbonyl (C=O) groups is 1. The molecule has 0 spiro atoms. The molecule has 2 aromatic rings. The summed E-state index contributed by atoms with van der Waals surface area (Å²) in [4.78, 5) is 13.0. The summed E-state index contributed by atoms with van der Waals surface area (Å²) in [5.74, 6) is 0.601. The smallest absolute Gasteiger partial charge is 0.246 e. The van der Waals surface area contributed by atoms with Gasteiger partial charge in [0.15, 0.2) is 0 Å². The zero-order valence-electron chi connectivity index (χ0n) is 13.5. The van der Waals surface area contributed by atoms with Crippen LogP contribution in [0.4, 0.5) is 5.69 Å². The van der Waals surface area contributed by atoms with Gasteiger partial charge >= 0.3 is 0 Å². The Morgan fingerprint density at radius 1 is 1.17 bits per heavy atom. The molecule has 4 heteroatoms. The number of likely N-dealkylation sites (N-methyl/N-ethyl adjacent to an activating group) is 1. The molecule has 0 atom stereocenters. The Balaban J connectivity index is 1.93. The van der Waals surface area contributed by atoms with E-state index in [4.69, 9.17) is 10.5 Å². The monoisotopic (exact) mass is 310 g/mol. The van der Waals surface area contributed by atoms with E-state index in [9.17, 15) is 4.79 Å². The zero-order valence-corrected chi connectivity index (χ0v) is 13.5. The molecule has 2 rings (SSSR count). The predicted octanol–water partition coefficient (Wildman–Crippen LogP) is 2.99. The number of hydrogen-bond donors (Lipinski definition) is 1. The van der Waals surface area contributed by atoms with Gasteiger partial charge in [-0.05, 0) is 29.3 Å². The molecule has 23 heavy (non-hydrogen) atoms. The van der Waals surface area contributed by atoms with Crippen LogP contribution in [0.25, 0.3) is 6.08 Å². The van der Waals surface area contributed by atoms with Crippen molar-refractivity contribution in [1.82, 2.24) is 4.90 Å². The van der Waals surface area contributed by atoms with Gasteiger partial charge in [-0.3, -0.25) is 4.79 Å². The molecule has 0 bridgehead atoms. The van der Waals surface area contributed by atoms with Gasteiger partial charge in [0.25, 0.3) is 0 Å². The van der Waals surface area contributed by atoms with Crippen molar-refractivity contribution in [2.75, 3.05) is 26.4 Å². The molecule has 0 saturated carbocycles. The number of benzene rings is 2. The molecular weight excluding hydrogens is 288 g/mol. The summed E-state index contributed by atoms with van der Waals surface area (Å²) in [5.41, 5.74) is 8.68. The molecule has 4 nitrogen and oxygen atoms in total.